The molecule has 248 valence electrons. The third-order valence-electron chi connectivity index (χ3n) is 10.8. The minimum absolute atomic E-state index is 0.00867. The standard InChI is InChI=1S/C35H38F3N5O4/c36-26-5-6-27-31(17-26)47-40-32(27)24-7-11-42(12-8-24)33(44)25-3-1-22(2-4-25)19-43-21-35(46-34(43)45)9-13-41(14-10-35)20-28-29(37)15-23(18-39)16-30(28)38/h5-6,15-17,22,24-25H,1-4,7-14,19-21H2. The molecule has 7 rings (SSSR count). The van der Waals surface area contributed by atoms with Crippen molar-refractivity contribution in [3.63, 3.8) is 0 Å². The van der Waals surface area contributed by atoms with Crippen LogP contribution in [0.5, 0.6) is 0 Å². The van der Waals surface area contributed by atoms with Gasteiger partial charge in [-0.05, 0) is 68.7 Å². The van der Waals surface area contributed by atoms with Crippen LogP contribution >= 0.6 is 0 Å². The molecule has 0 N–H and O–H groups in total. The van der Waals surface area contributed by atoms with Gasteiger partial charge in [-0.1, -0.05) is 5.16 Å². The number of nitriles is 1. The Morgan fingerprint density at radius 2 is 1.68 bits per heavy atom. The highest BCUT2D eigenvalue weighted by molar-refractivity contribution is 5.81. The molecule has 0 unspecified atom stereocenters. The summed E-state index contributed by atoms with van der Waals surface area (Å²) in [5, 5.41) is 14.0. The van der Waals surface area contributed by atoms with Gasteiger partial charge in [0.25, 0.3) is 0 Å². The smallest absolute Gasteiger partial charge is 0.410 e. The van der Waals surface area contributed by atoms with Crippen LogP contribution in [-0.2, 0) is 16.1 Å². The maximum Gasteiger partial charge on any atom is 0.410 e. The van der Waals surface area contributed by atoms with Crippen LogP contribution in [0.1, 0.15) is 74.1 Å². The molecule has 0 radical (unpaired) electrons. The number of amides is 2. The first kappa shape index (κ1) is 31.5. The van der Waals surface area contributed by atoms with Gasteiger partial charge in [0, 0.05) is 81.0 Å². The van der Waals surface area contributed by atoms with Crippen LogP contribution in [0, 0.1) is 40.6 Å². The van der Waals surface area contributed by atoms with Crippen molar-refractivity contribution in [3.8, 4) is 6.07 Å². The normalized spacial score (nSPS) is 23.7. The first-order chi connectivity index (χ1) is 22.7. The van der Waals surface area contributed by atoms with E-state index in [-0.39, 0.29) is 47.3 Å². The number of rotatable bonds is 6. The molecular formula is C35H38F3N5O4. The second-order valence-electron chi connectivity index (χ2n) is 13.8. The number of piperidine rings is 2. The highest BCUT2D eigenvalue weighted by atomic mass is 19.1. The van der Waals surface area contributed by atoms with Gasteiger partial charge < -0.3 is 19.1 Å². The maximum absolute atomic E-state index is 14.4. The van der Waals surface area contributed by atoms with Crippen LogP contribution in [-0.4, -0.2) is 76.7 Å². The molecule has 4 aliphatic rings. The van der Waals surface area contributed by atoms with Crippen molar-refractivity contribution in [2.75, 3.05) is 39.3 Å². The van der Waals surface area contributed by atoms with E-state index in [2.05, 4.69) is 5.16 Å². The lowest BCUT2D eigenvalue weighted by Crippen LogP contribution is -2.47. The first-order valence-corrected chi connectivity index (χ1v) is 16.6. The van der Waals surface area contributed by atoms with Crippen molar-refractivity contribution in [1.82, 2.24) is 19.9 Å². The van der Waals surface area contributed by atoms with Gasteiger partial charge in [0.05, 0.1) is 23.9 Å². The summed E-state index contributed by atoms with van der Waals surface area (Å²) in [5.74, 6) is -1.12. The predicted molar refractivity (Wildman–Crippen MR) is 164 cm³/mol. The average Bonchev–Trinajstić information content (AvgIpc) is 3.63. The second-order valence-corrected chi connectivity index (χ2v) is 13.8. The fourth-order valence-electron chi connectivity index (χ4n) is 8.02. The summed E-state index contributed by atoms with van der Waals surface area (Å²) in [6, 6.07) is 8.36. The number of halogens is 3. The summed E-state index contributed by atoms with van der Waals surface area (Å²) in [6.45, 7) is 3.61. The number of likely N-dealkylation sites (tertiary alicyclic amines) is 2. The van der Waals surface area contributed by atoms with Crippen molar-refractivity contribution < 1.29 is 32.0 Å². The predicted octanol–water partition coefficient (Wildman–Crippen LogP) is 6.12. The summed E-state index contributed by atoms with van der Waals surface area (Å²) in [5.41, 5.74) is 0.597. The summed E-state index contributed by atoms with van der Waals surface area (Å²) in [6.07, 6.45) is 5.79. The van der Waals surface area contributed by atoms with E-state index in [4.69, 9.17) is 14.5 Å². The molecule has 3 saturated heterocycles. The van der Waals surface area contributed by atoms with Gasteiger partial charge in [-0.3, -0.25) is 9.69 Å². The Morgan fingerprint density at radius 1 is 0.979 bits per heavy atom. The third kappa shape index (κ3) is 6.42. The summed E-state index contributed by atoms with van der Waals surface area (Å²) in [7, 11) is 0. The van der Waals surface area contributed by atoms with E-state index < -0.39 is 17.2 Å². The molecule has 4 heterocycles. The molecule has 2 amide bonds. The molecule has 3 aromatic rings. The fourth-order valence-corrected chi connectivity index (χ4v) is 8.02. The Labute approximate surface area is 271 Å². The van der Waals surface area contributed by atoms with E-state index in [1.807, 2.05) is 9.80 Å². The van der Waals surface area contributed by atoms with E-state index in [9.17, 15) is 22.8 Å². The third-order valence-corrected chi connectivity index (χ3v) is 10.8. The summed E-state index contributed by atoms with van der Waals surface area (Å²) < 4.78 is 53.7. The van der Waals surface area contributed by atoms with E-state index in [1.165, 1.54) is 12.1 Å². The topological polar surface area (TPSA) is 103 Å². The number of benzene rings is 2. The molecule has 1 aromatic heterocycles. The van der Waals surface area contributed by atoms with Gasteiger partial charge >= 0.3 is 6.09 Å². The van der Waals surface area contributed by atoms with Gasteiger partial charge in [0.15, 0.2) is 5.58 Å². The molecule has 1 spiro atoms. The fraction of sp³-hybridized carbons (Fsp3) is 0.543. The molecular weight excluding hydrogens is 611 g/mol. The molecule has 0 atom stereocenters. The number of fused-ring (bicyclic) bond motifs is 1. The lowest BCUT2D eigenvalue weighted by atomic mass is 9.80. The van der Waals surface area contributed by atoms with Crippen molar-refractivity contribution in [2.24, 2.45) is 11.8 Å². The number of ether oxygens (including phenoxy) is 1. The van der Waals surface area contributed by atoms with E-state index in [0.717, 1.165) is 61.7 Å². The van der Waals surface area contributed by atoms with E-state index in [0.29, 0.717) is 63.6 Å². The van der Waals surface area contributed by atoms with Crippen LogP contribution in [0.15, 0.2) is 34.9 Å². The second kappa shape index (κ2) is 12.8. The molecule has 47 heavy (non-hydrogen) atoms. The van der Waals surface area contributed by atoms with Crippen molar-refractivity contribution >= 4 is 23.0 Å². The molecule has 0 bridgehead atoms. The zero-order valence-corrected chi connectivity index (χ0v) is 26.2. The number of hydrogen-bond acceptors (Lipinski definition) is 7. The largest absolute Gasteiger partial charge is 0.441 e. The average molecular weight is 650 g/mol. The zero-order valence-electron chi connectivity index (χ0n) is 26.2. The molecule has 1 aliphatic carbocycles. The minimum atomic E-state index is -0.724. The summed E-state index contributed by atoms with van der Waals surface area (Å²) >= 11 is 0. The molecule has 4 fully saturated rings. The zero-order chi connectivity index (χ0) is 32.7. The Kier molecular flexibility index (Phi) is 8.59. The van der Waals surface area contributed by atoms with Crippen LogP contribution in [0.4, 0.5) is 18.0 Å². The lowest BCUT2D eigenvalue weighted by Gasteiger charge is -2.38. The number of aromatic nitrogens is 1. The van der Waals surface area contributed by atoms with Gasteiger partial charge in [-0.2, -0.15) is 5.26 Å². The molecule has 1 saturated carbocycles. The Balaban J connectivity index is 0.856. The number of carbonyl (C=O) groups is 2. The van der Waals surface area contributed by atoms with Gasteiger partial charge in [-0.15, -0.1) is 0 Å². The molecule has 3 aliphatic heterocycles. The number of hydrogen-bond donors (Lipinski definition) is 0. The van der Waals surface area contributed by atoms with Crippen LogP contribution < -0.4 is 0 Å². The number of carbonyl (C=O) groups excluding carboxylic acids is 2. The Bertz CT molecular complexity index is 1680. The Hall–Kier alpha value is -4.11. The van der Waals surface area contributed by atoms with Gasteiger partial charge in [0.2, 0.25) is 5.91 Å². The van der Waals surface area contributed by atoms with Crippen molar-refractivity contribution in [1.29, 1.82) is 5.26 Å². The quantitative estimate of drug-likeness (QED) is 0.317. The van der Waals surface area contributed by atoms with E-state index >= 15 is 0 Å². The minimum Gasteiger partial charge on any atom is -0.441 e. The van der Waals surface area contributed by atoms with Crippen molar-refractivity contribution in [3.05, 3.63) is 64.6 Å². The molecule has 2 aromatic carbocycles. The Morgan fingerprint density at radius 3 is 2.36 bits per heavy atom. The summed E-state index contributed by atoms with van der Waals surface area (Å²) in [4.78, 5) is 32.0. The SMILES string of the molecule is N#Cc1cc(F)c(CN2CCC3(CC2)CN(CC2CCC(C(=O)N4CCC(c5noc6cc(F)ccc56)CC4)CC2)C(=O)O3)c(F)c1. The van der Waals surface area contributed by atoms with Crippen LogP contribution in [0.25, 0.3) is 11.0 Å². The van der Waals surface area contributed by atoms with Gasteiger partial charge in [-0.25, -0.2) is 18.0 Å². The van der Waals surface area contributed by atoms with Gasteiger partial charge in [0.1, 0.15) is 23.1 Å². The van der Waals surface area contributed by atoms with Crippen LogP contribution in [0.2, 0.25) is 0 Å². The maximum atomic E-state index is 14.4. The molecule has 12 heteroatoms. The van der Waals surface area contributed by atoms with E-state index in [1.54, 1.807) is 17.0 Å². The van der Waals surface area contributed by atoms with Crippen molar-refractivity contribution in [2.45, 2.75) is 69.4 Å². The van der Waals surface area contributed by atoms with Crippen LogP contribution in [0.3, 0.4) is 0 Å². The monoisotopic (exact) mass is 649 g/mol. The highest BCUT2D eigenvalue weighted by Crippen LogP contribution is 2.38. The molecule has 9 nitrogen and oxygen atoms in total. The highest BCUT2D eigenvalue weighted by Gasteiger charge is 2.47. The lowest BCUT2D eigenvalue weighted by molar-refractivity contribution is -0.138. The first-order valence-electron chi connectivity index (χ1n) is 16.6. The number of nitrogens with zero attached hydrogens (tertiary/aromatic N) is 5.